The summed E-state index contributed by atoms with van der Waals surface area (Å²) in [4.78, 5) is 23.3. The van der Waals surface area contributed by atoms with Crippen LogP contribution in [0.3, 0.4) is 0 Å². The molecule has 0 heterocycles. The molecule has 1 aliphatic carbocycles. The molecule has 1 fully saturated rings. The third-order valence-electron chi connectivity index (χ3n) is 3.58. The zero-order valence-corrected chi connectivity index (χ0v) is 14.0. The van der Waals surface area contributed by atoms with Gasteiger partial charge in [0.2, 0.25) is 0 Å². The van der Waals surface area contributed by atoms with Gasteiger partial charge in [-0.3, -0.25) is 4.79 Å². The summed E-state index contributed by atoms with van der Waals surface area (Å²) in [5.74, 6) is -0.741. The topological polar surface area (TPSA) is 55.4 Å². The van der Waals surface area contributed by atoms with Crippen LogP contribution in [0.25, 0.3) is 6.08 Å². The van der Waals surface area contributed by atoms with Crippen LogP contribution in [0.4, 0.5) is 0 Å². The molecule has 4 nitrogen and oxygen atoms in total. The van der Waals surface area contributed by atoms with Crippen LogP contribution in [0.15, 0.2) is 34.8 Å². The molecule has 1 saturated carbocycles. The Morgan fingerprint density at radius 1 is 1.27 bits per heavy atom. The van der Waals surface area contributed by atoms with Crippen molar-refractivity contribution in [3.05, 3.63) is 40.4 Å². The van der Waals surface area contributed by atoms with Crippen LogP contribution in [0.1, 0.15) is 37.7 Å². The number of carbonyl (C=O) groups is 2. The molecule has 1 N–H and O–H groups in total. The van der Waals surface area contributed by atoms with Crippen molar-refractivity contribution in [3.63, 3.8) is 0 Å². The van der Waals surface area contributed by atoms with E-state index in [1.54, 1.807) is 6.08 Å². The zero-order valence-electron chi connectivity index (χ0n) is 12.4. The van der Waals surface area contributed by atoms with Gasteiger partial charge in [-0.25, -0.2) is 4.79 Å². The molecule has 2 rings (SSSR count). The van der Waals surface area contributed by atoms with Crippen molar-refractivity contribution in [3.8, 4) is 0 Å². The molecule has 0 aliphatic heterocycles. The van der Waals surface area contributed by atoms with Gasteiger partial charge >= 0.3 is 5.97 Å². The summed E-state index contributed by atoms with van der Waals surface area (Å²) in [5, 5.41) is 2.91. The highest BCUT2D eigenvalue weighted by Crippen LogP contribution is 2.17. The molecule has 0 atom stereocenters. The zero-order chi connectivity index (χ0) is 15.8. The lowest BCUT2D eigenvalue weighted by atomic mass is 9.95. The molecule has 0 aromatic heterocycles. The molecular formula is C17H20BrNO3. The molecule has 0 bridgehead atoms. The third-order valence-corrected chi connectivity index (χ3v) is 4.07. The van der Waals surface area contributed by atoms with E-state index >= 15 is 0 Å². The van der Waals surface area contributed by atoms with Crippen LogP contribution in [0, 0.1) is 0 Å². The number of halogens is 1. The first kappa shape index (κ1) is 16.7. The lowest BCUT2D eigenvalue weighted by molar-refractivity contribution is -0.144. The maximum absolute atomic E-state index is 11.7. The van der Waals surface area contributed by atoms with E-state index in [9.17, 15) is 9.59 Å². The summed E-state index contributed by atoms with van der Waals surface area (Å²) in [6.45, 7) is -0.224. The van der Waals surface area contributed by atoms with Gasteiger partial charge in [0.1, 0.15) is 0 Å². The number of benzene rings is 1. The van der Waals surface area contributed by atoms with Gasteiger partial charge in [-0.05, 0) is 36.6 Å². The molecule has 1 aliphatic rings. The molecule has 5 heteroatoms. The smallest absolute Gasteiger partial charge is 0.331 e. The Morgan fingerprint density at radius 3 is 2.77 bits per heavy atom. The Morgan fingerprint density at radius 2 is 2.05 bits per heavy atom. The number of amides is 1. The van der Waals surface area contributed by atoms with Gasteiger partial charge in [0.05, 0.1) is 0 Å². The monoisotopic (exact) mass is 365 g/mol. The predicted octanol–water partition coefficient (Wildman–Crippen LogP) is 3.45. The van der Waals surface area contributed by atoms with E-state index in [0.29, 0.717) is 0 Å². The Kier molecular flexibility index (Phi) is 6.65. The quantitative estimate of drug-likeness (QED) is 0.642. The van der Waals surface area contributed by atoms with Crippen molar-refractivity contribution < 1.29 is 14.3 Å². The van der Waals surface area contributed by atoms with Crippen LogP contribution < -0.4 is 5.32 Å². The summed E-state index contributed by atoms with van der Waals surface area (Å²) in [6, 6.07) is 7.79. The van der Waals surface area contributed by atoms with Gasteiger partial charge < -0.3 is 10.1 Å². The van der Waals surface area contributed by atoms with Gasteiger partial charge in [-0.1, -0.05) is 47.3 Å². The van der Waals surface area contributed by atoms with Crippen LogP contribution in [-0.4, -0.2) is 24.5 Å². The molecule has 0 saturated heterocycles. The second kappa shape index (κ2) is 8.73. The summed E-state index contributed by atoms with van der Waals surface area (Å²) >= 11 is 3.36. The lowest BCUT2D eigenvalue weighted by Crippen LogP contribution is -2.38. The van der Waals surface area contributed by atoms with E-state index in [-0.39, 0.29) is 18.6 Å². The van der Waals surface area contributed by atoms with E-state index in [1.807, 2.05) is 24.3 Å². The average Bonchev–Trinajstić information content (AvgIpc) is 2.52. The van der Waals surface area contributed by atoms with Crippen molar-refractivity contribution in [1.29, 1.82) is 0 Å². The van der Waals surface area contributed by atoms with Gasteiger partial charge in [-0.2, -0.15) is 0 Å². The molecule has 0 radical (unpaired) electrons. The fourth-order valence-electron chi connectivity index (χ4n) is 2.48. The fourth-order valence-corrected chi connectivity index (χ4v) is 2.89. The number of hydrogen-bond acceptors (Lipinski definition) is 3. The second-order valence-corrected chi connectivity index (χ2v) is 6.31. The molecule has 1 aromatic carbocycles. The standard InChI is InChI=1S/C17H20BrNO3/c18-14-6-4-5-13(11-14)9-10-17(21)22-12-16(20)19-15-7-2-1-3-8-15/h4-6,9-11,15H,1-3,7-8,12H2,(H,19,20). The molecule has 0 spiro atoms. The molecule has 1 amide bonds. The van der Waals surface area contributed by atoms with Gasteiger partial charge in [0.25, 0.3) is 5.91 Å². The first-order valence-electron chi connectivity index (χ1n) is 7.53. The first-order chi connectivity index (χ1) is 10.6. The average molecular weight is 366 g/mol. The minimum absolute atomic E-state index is 0.224. The third kappa shape index (κ3) is 6.02. The Hall–Kier alpha value is -1.62. The van der Waals surface area contributed by atoms with Gasteiger partial charge in [0, 0.05) is 16.6 Å². The van der Waals surface area contributed by atoms with Crippen molar-refractivity contribution in [2.45, 2.75) is 38.1 Å². The van der Waals surface area contributed by atoms with Crippen molar-refractivity contribution in [1.82, 2.24) is 5.32 Å². The molecule has 1 aromatic rings. The van der Waals surface area contributed by atoms with Crippen molar-refractivity contribution >= 4 is 33.9 Å². The molecule has 22 heavy (non-hydrogen) atoms. The number of nitrogens with one attached hydrogen (secondary N) is 1. The van der Waals surface area contributed by atoms with Crippen LogP contribution >= 0.6 is 15.9 Å². The van der Waals surface area contributed by atoms with E-state index in [1.165, 1.54) is 12.5 Å². The number of hydrogen-bond donors (Lipinski definition) is 1. The van der Waals surface area contributed by atoms with Gasteiger partial charge in [-0.15, -0.1) is 0 Å². The van der Waals surface area contributed by atoms with Crippen LogP contribution in [-0.2, 0) is 14.3 Å². The maximum atomic E-state index is 11.7. The second-order valence-electron chi connectivity index (χ2n) is 5.40. The molecular weight excluding hydrogens is 346 g/mol. The highest BCUT2D eigenvalue weighted by Gasteiger charge is 2.16. The van der Waals surface area contributed by atoms with E-state index in [4.69, 9.17) is 4.74 Å². The molecule has 118 valence electrons. The number of esters is 1. The highest BCUT2D eigenvalue weighted by molar-refractivity contribution is 9.10. The van der Waals surface area contributed by atoms with Crippen LogP contribution in [0.5, 0.6) is 0 Å². The first-order valence-corrected chi connectivity index (χ1v) is 8.32. The van der Waals surface area contributed by atoms with Crippen molar-refractivity contribution in [2.75, 3.05) is 6.61 Å². The van der Waals surface area contributed by atoms with Gasteiger partial charge in [0.15, 0.2) is 6.61 Å². The maximum Gasteiger partial charge on any atom is 0.331 e. The largest absolute Gasteiger partial charge is 0.452 e. The number of rotatable bonds is 5. The van der Waals surface area contributed by atoms with Crippen molar-refractivity contribution in [2.24, 2.45) is 0 Å². The minimum atomic E-state index is -0.515. The van der Waals surface area contributed by atoms with E-state index in [2.05, 4.69) is 21.2 Å². The Labute approximate surface area is 139 Å². The summed E-state index contributed by atoms with van der Waals surface area (Å²) in [7, 11) is 0. The Bertz CT molecular complexity index is 551. The number of ether oxygens (including phenoxy) is 1. The Balaban J connectivity index is 1.71. The SMILES string of the molecule is O=C(COC(=O)C=Cc1cccc(Br)c1)NC1CCCCC1. The van der Waals surface area contributed by atoms with E-state index < -0.39 is 5.97 Å². The summed E-state index contributed by atoms with van der Waals surface area (Å²) in [5.41, 5.74) is 0.887. The van der Waals surface area contributed by atoms with E-state index in [0.717, 1.165) is 35.7 Å². The predicted molar refractivity (Wildman–Crippen MR) is 89.2 cm³/mol. The summed E-state index contributed by atoms with van der Waals surface area (Å²) in [6.07, 6.45) is 8.56. The normalized spacial score (nSPS) is 15.7. The lowest BCUT2D eigenvalue weighted by Gasteiger charge is -2.22. The minimum Gasteiger partial charge on any atom is -0.452 e. The summed E-state index contributed by atoms with van der Waals surface area (Å²) < 4.78 is 5.89. The highest BCUT2D eigenvalue weighted by atomic mass is 79.9. The fraction of sp³-hybridized carbons (Fsp3) is 0.412. The molecule has 0 unspecified atom stereocenters. The number of carbonyl (C=O) groups excluding carboxylic acids is 2. The van der Waals surface area contributed by atoms with Crippen LogP contribution in [0.2, 0.25) is 0 Å².